The maximum atomic E-state index is 11.7. The van der Waals surface area contributed by atoms with Crippen molar-refractivity contribution in [2.24, 2.45) is 0 Å². The lowest BCUT2D eigenvalue weighted by atomic mass is 9.99. The molecule has 1 aromatic rings. The quantitative estimate of drug-likeness (QED) is 0.364. The van der Waals surface area contributed by atoms with E-state index in [2.05, 4.69) is 12.1 Å². The normalized spacial score (nSPS) is 22.7. The minimum Gasteiger partial charge on any atom is -1.00 e. The van der Waals surface area contributed by atoms with Crippen molar-refractivity contribution in [1.29, 1.82) is 0 Å². The number of hydrogen-bond donors (Lipinski definition) is 0. The van der Waals surface area contributed by atoms with Gasteiger partial charge in [0.1, 0.15) is 0 Å². The summed E-state index contributed by atoms with van der Waals surface area (Å²) in [5.41, 5.74) is 4.23. The van der Waals surface area contributed by atoms with Gasteiger partial charge in [0.25, 0.3) is 9.05 Å². The van der Waals surface area contributed by atoms with Gasteiger partial charge >= 0.3 is 0 Å². The van der Waals surface area contributed by atoms with Crippen molar-refractivity contribution in [2.45, 2.75) is 124 Å². The van der Waals surface area contributed by atoms with Gasteiger partial charge in [0.15, 0.2) is 0 Å². The van der Waals surface area contributed by atoms with Crippen LogP contribution >= 0.6 is 17.9 Å². The number of hydrogen-bond acceptors (Lipinski definition) is 2. The second-order valence-corrected chi connectivity index (χ2v) is 17.2. The molecule has 0 aromatic heterocycles. The maximum Gasteiger partial charge on any atom is 0.261 e. The molecule has 2 nitrogen and oxygen atoms in total. The van der Waals surface area contributed by atoms with E-state index >= 15 is 0 Å². The topological polar surface area (TPSA) is 34.1 Å². The van der Waals surface area contributed by atoms with E-state index in [1.165, 1.54) is 108 Å². The molecule has 0 N–H and O–H groups in total. The van der Waals surface area contributed by atoms with E-state index in [0.717, 1.165) is 17.0 Å². The Balaban J connectivity index is 0.00000272. The third-order valence-electron chi connectivity index (χ3n) is 8.42. The molecular weight excluding hydrogens is 511 g/mol. The van der Waals surface area contributed by atoms with Crippen molar-refractivity contribution >= 4 is 27.0 Å². The molecule has 0 unspecified atom stereocenters. The summed E-state index contributed by atoms with van der Waals surface area (Å²) < 4.78 is 23.5. The van der Waals surface area contributed by atoms with Crippen molar-refractivity contribution in [3.05, 3.63) is 29.8 Å². The third-order valence-corrected chi connectivity index (χ3v) is 16.3. The summed E-state index contributed by atoms with van der Waals surface area (Å²) >= 11 is 0. The van der Waals surface area contributed by atoms with Crippen LogP contribution in [0.15, 0.2) is 29.2 Å². The molecule has 0 heterocycles. The van der Waals surface area contributed by atoms with Gasteiger partial charge in [0.2, 0.25) is 0 Å². The van der Waals surface area contributed by atoms with Gasteiger partial charge in [-0.25, -0.2) is 8.42 Å². The maximum absolute atomic E-state index is 11.7. The smallest absolute Gasteiger partial charge is 0.261 e. The molecule has 0 saturated heterocycles. The SMILES string of the molecule is O=S(=O)(Cl)c1ccc(C[P+](C2CCCCC2)(C2CCCCC2)C2CCCCC2)cc1.[Br-]. The monoisotopic (exact) mass is 548 g/mol. The highest BCUT2D eigenvalue weighted by molar-refractivity contribution is 8.13. The Morgan fingerprint density at radius 1 is 0.677 bits per heavy atom. The van der Waals surface area contributed by atoms with Crippen molar-refractivity contribution in [3.8, 4) is 0 Å². The minimum absolute atomic E-state index is 0. The average Bonchev–Trinajstić information content (AvgIpc) is 2.79. The van der Waals surface area contributed by atoms with Crippen LogP contribution in [0.2, 0.25) is 0 Å². The summed E-state index contributed by atoms with van der Waals surface area (Å²) in [7, 11) is 0.762. The first-order chi connectivity index (χ1) is 14.5. The van der Waals surface area contributed by atoms with Crippen LogP contribution in [0.3, 0.4) is 0 Å². The lowest BCUT2D eigenvalue weighted by Crippen LogP contribution is -3.00. The lowest BCUT2D eigenvalue weighted by Gasteiger charge is -2.49. The first-order valence-electron chi connectivity index (χ1n) is 12.4. The molecule has 6 heteroatoms. The molecule has 3 saturated carbocycles. The van der Waals surface area contributed by atoms with E-state index in [-0.39, 0.29) is 21.9 Å². The van der Waals surface area contributed by atoms with Gasteiger partial charge < -0.3 is 17.0 Å². The Bertz CT molecular complexity index is 735. The van der Waals surface area contributed by atoms with Crippen molar-refractivity contribution in [1.82, 2.24) is 0 Å². The van der Waals surface area contributed by atoms with Gasteiger partial charge in [-0.1, -0.05) is 31.4 Å². The molecule has 0 amide bonds. The standard InChI is InChI=1S/C25H39ClO2PS.BrH/c26-30(27,28)25-18-16-21(17-19-25)20-29(22-10-4-1-5-11-22,23-12-6-2-7-13-23)24-14-8-3-9-15-24;/h16-19,22-24H,1-15,20H2;1H/q+1;/p-1. The zero-order valence-corrected chi connectivity index (χ0v) is 22.8. The molecule has 3 fully saturated rings. The first-order valence-corrected chi connectivity index (χ1v) is 16.9. The van der Waals surface area contributed by atoms with Crippen molar-refractivity contribution in [3.63, 3.8) is 0 Å². The fourth-order valence-electron chi connectivity index (χ4n) is 7.04. The van der Waals surface area contributed by atoms with Gasteiger partial charge in [-0.15, -0.1) is 0 Å². The highest BCUT2D eigenvalue weighted by Gasteiger charge is 2.56. The van der Waals surface area contributed by atoms with Crippen LogP contribution in [0.25, 0.3) is 0 Å². The second kappa shape index (κ2) is 11.7. The van der Waals surface area contributed by atoms with Crippen LogP contribution in [-0.4, -0.2) is 25.4 Å². The number of rotatable bonds is 6. The molecule has 0 bridgehead atoms. The van der Waals surface area contributed by atoms with E-state index < -0.39 is 16.3 Å². The Labute approximate surface area is 205 Å². The predicted molar refractivity (Wildman–Crippen MR) is 131 cm³/mol. The Hall–Kier alpha value is 0.370. The van der Waals surface area contributed by atoms with E-state index in [0.29, 0.717) is 0 Å². The zero-order chi connectivity index (χ0) is 21.0. The van der Waals surface area contributed by atoms with E-state index in [1.54, 1.807) is 12.1 Å². The minimum atomic E-state index is -3.64. The molecule has 3 aliphatic rings. The van der Waals surface area contributed by atoms with Crippen molar-refractivity contribution < 1.29 is 25.4 Å². The highest BCUT2D eigenvalue weighted by atomic mass is 79.9. The Morgan fingerprint density at radius 2 is 1.03 bits per heavy atom. The molecule has 0 atom stereocenters. The van der Waals surface area contributed by atoms with E-state index in [9.17, 15) is 8.42 Å². The van der Waals surface area contributed by atoms with E-state index in [4.69, 9.17) is 10.7 Å². The van der Waals surface area contributed by atoms with Gasteiger partial charge in [-0.2, -0.15) is 0 Å². The van der Waals surface area contributed by atoms with Gasteiger partial charge in [0, 0.05) is 17.9 Å². The summed E-state index contributed by atoms with van der Waals surface area (Å²) in [4.78, 5) is 0.241. The molecule has 0 spiro atoms. The lowest BCUT2D eigenvalue weighted by molar-refractivity contribution is -0.00000847. The van der Waals surface area contributed by atoms with Crippen LogP contribution in [0.4, 0.5) is 0 Å². The fourth-order valence-corrected chi connectivity index (χ4v) is 15.2. The molecule has 0 radical (unpaired) electrons. The summed E-state index contributed by atoms with van der Waals surface area (Å²) in [6, 6.07) is 7.65. The zero-order valence-electron chi connectivity index (χ0n) is 18.8. The van der Waals surface area contributed by atoms with Crippen molar-refractivity contribution in [2.75, 3.05) is 0 Å². The molecule has 176 valence electrons. The molecule has 0 aliphatic heterocycles. The first kappa shape index (κ1) is 26.0. The summed E-state index contributed by atoms with van der Waals surface area (Å²) in [5.74, 6) is 0. The second-order valence-electron chi connectivity index (χ2n) is 10.1. The molecule has 1 aromatic carbocycles. The summed E-state index contributed by atoms with van der Waals surface area (Å²) in [6.45, 7) is 0. The summed E-state index contributed by atoms with van der Waals surface area (Å²) in [6.07, 6.45) is 22.8. The predicted octanol–water partition coefficient (Wildman–Crippen LogP) is 5.13. The van der Waals surface area contributed by atoms with Gasteiger partial charge in [0.05, 0.1) is 28.0 Å². The Morgan fingerprint density at radius 3 is 1.35 bits per heavy atom. The molecular formula is C25H39BrClO2PS. The van der Waals surface area contributed by atoms with Crippen LogP contribution < -0.4 is 17.0 Å². The van der Waals surface area contributed by atoms with Crippen LogP contribution in [0, 0.1) is 0 Å². The number of benzene rings is 1. The summed E-state index contributed by atoms with van der Waals surface area (Å²) in [5, 5.41) is 0. The molecule has 4 rings (SSSR count). The third kappa shape index (κ3) is 6.09. The van der Waals surface area contributed by atoms with Crippen LogP contribution in [0.1, 0.15) is 102 Å². The van der Waals surface area contributed by atoms with Crippen LogP contribution in [-0.2, 0) is 15.2 Å². The Kier molecular flexibility index (Phi) is 9.79. The molecule has 3 aliphatic carbocycles. The van der Waals surface area contributed by atoms with Gasteiger partial charge in [-0.3, -0.25) is 0 Å². The fraction of sp³-hybridized carbons (Fsp3) is 0.760. The molecule has 31 heavy (non-hydrogen) atoms. The number of halogens is 2. The van der Waals surface area contributed by atoms with E-state index in [1.807, 2.05) is 0 Å². The van der Waals surface area contributed by atoms with Gasteiger partial charge in [-0.05, 0) is 94.7 Å². The highest BCUT2D eigenvalue weighted by Crippen LogP contribution is 2.78. The largest absolute Gasteiger partial charge is 1.00 e. The van der Waals surface area contributed by atoms with Crippen LogP contribution in [0.5, 0.6) is 0 Å². The average molecular weight is 550 g/mol.